The molecule has 0 spiro atoms. The molecule has 420 valence electrons. The second kappa shape index (κ2) is 19.6. The summed E-state index contributed by atoms with van der Waals surface area (Å²) in [6, 6.07) is 62.1. The smallest absolute Gasteiger partial charge is 0.318 e. The Morgan fingerprint density at radius 1 is 0.417 bits per heavy atom. The van der Waals surface area contributed by atoms with Crippen molar-refractivity contribution in [2.75, 3.05) is 14.7 Å². The molecule has 2 aliphatic heterocycles. The fraction of sp³-hybridized carbons (Fsp3) is 0.256. The summed E-state index contributed by atoms with van der Waals surface area (Å²) in [5.41, 5.74) is 18.9. The molecule has 84 heavy (non-hydrogen) atoms. The summed E-state index contributed by atoms with van der Waals surface area (Å²) in [6.45, 7) is 33.0. The van der Waals surface area contributed by atoms with E-state index in [0.717, 1.165) is 101 Å². The van der Waals surface area contributed by atoms with Crippen molar-refractivity contribution in [1.29, 1.82) is 0 Å². The molecule has 0 saturated heterocycles. The molecule has 0 bridgehead atoms. The van der Waals surface area contributed by atoms with Gasteiger partial charge in [-0.2, -0.15) is 0 Å². The van der Waals surface area contributed by atoms with Gasteiger partial charge in [0.2, 0.25) is 0 Å². The van der Waals surface area contributed by atoms with Crippen molar-refractivity contribution >= 4 is 96.5 Å². The monoisotopic (exact) mass is 1100 g/mol. The summed E-state index contributed by atoms with van der Waals surface area (Å²) in [4.78, 5) is 7.15. The third-order valence-electron chi connectivity index (χ3n) is 17.4. The third-order valence-corrected chi connectivity index (χ3v) is 17.4. The van der Waals surface area contributed by atoms with Gasteiger partial charge in [0.15, 0.2) is 0 Å². The van der Waals surface area contributed by atoms with Crippen molar-refractivity contribution < 1.29 is 11.3 Å². The highest BCUT2D eigenvalue weighted by molar-refractivity contribution is 7.00. The molecule has 5 nitrogen and oxygen atoms in total. The van der Waals surface area contributed by atoms with E-state index < -0.39 is 30.3 Å². The lowest BCUT2D eigenvalue weighted by atomic mass is 9.37. The number of anilines is 9. The molecular weight excluding hydrogens is 1020 g/mol. The first-order valence-electron chi connectivity index (χ1n) is 32.3. The molecule has 13 rings (SSSR count). The Balaban J connectivity index is 1.29. The number of fused-ring (bicyclic) bond motifs is 8. The third kappa shape index (κ3) is 9.25. The van der Waals surface area contributed by atoms with Crippen LogP contribution in [0.3, 0.4) is 0 Å². The highest BCUT2D eigenvalue weighted by Crippen LogP contribution is 2.54. The number of rotatable bonds is 7. The molecule has 0 N–H and O–H groups in total. The van der Waals surface area contributed by atoms with E-state index >= 15 is 0 Å². The number of benzene rings is 9. The molecule has 0 saturated carbocycles. The minimum atomic E-state index is -0.543. The van der Waals surface area contributed by atoms with Gasteiger partial charge in [-0.15, -0.1) is 0 Å². The summed E-state index contributed by atoms with van der Waals surface area (Å²) in [7, 11) is 0. The maximum Gasteiger partial charge on any atom is 0.318 e. The second-order valence-corrected chi connectivity index (χ2v) is 28.4. The van der Waals surface area contributed by atoms with Gasteiger partial charge in [0.25, 0.3) is 0 Å². The number of hydrogen-bond donors (Lipinski definition) is 0. The van der Waals surface area contributed by atoms with Crippen molar-refractivity contribution in [2.24, 2.45) is 0 Å². The largest absolute Gasteiger partial charge is 0.468 e. The van der Waals surface area contributed by atoms with Gasteiger partial charge in [0, 0.05) is 56.1 Å². The Bertz CT molecular complexity index is 4560. The zero-order valence-electron chi connectivity index (χ0n) is 56.5. The van der Waals surface area contributed by atoms with Crippen molar-refractivity contribution in [2.45, 2.75) is 131 Å². The molecule has 0 amide bonds. The molecule has 11 aromatic rings. The predicted molar refractivity (Wildman–Crippen MR) is 361 cm³/mol. The topological polar surface area (TPSA) is 27.8 Å². The molecule has 0 atom stereocenters. The van der Waals surface area contributed by atoms with E-state index in [1.165, 1.54) is 16.7 Å². The molecule has 0 fully saturated rings. The molecular formula is C78H79BN4O. The molecule has 6 heteroatoms. The quantitative estimate of drug-likeness (QED) is 0.149. The Hall–Kier alpha value is -8.48. The van der Waals surface area contributed by atoms with E-state index in [2.05, 4.69) is 299 Å². The first-order chi connectivity index (χ1) is 41.9. The normalized spacial score (nSPS) is 14.4. The second-order valence-electron chi connectivity index (χ2n) is 28.4. The lowest BCUT2D eigenvalue weighted by molar-refractivity contribution is 0.590. The van der Waals surface area contributed by atoms with E-state index in [1.807, 2.05) is 0 Å². The van der Waals surface area contributed by atoms with Crippen LogP contribution in [-0.4, -0.2) is 11.3 Å². The number of para-hydroxylation sites is 2. The molecule has 2 aromatic heterocycles. The molecule has 9 aromatic carbocycles. The van der Waals surface area contributed by atoms with Gasteiger partial charge in [-0.05, 0) is 163 Å². The number of furan rings is 1. The zero-order valence-corrected chi connectivity index (χ0v) is 51.5. The van der Waals surface area contributed by atoms with Crippen molar-refractivity contribution in [3.05, 3.63) is 234 Å². The fourth-order valence-corrected chi connectivity index (χ4v) is 12.7. The Kier molecular flexibility index (Phi) is 11.4. The molecule has 2 aliphatic rings. The first kappa shape index (κ1) is 49.0. The van der Waals surface area contributed by atoms with Crippen LogP contribution in [0.1, 0.15) is 139 Å². The van der Waals surface area contributed by atoms with Crippen LogP contribution in [-0.2, 0) is 27.1 Å². The van der Waals surface area contributed by atoms with Gasteiger partial charge >= 0.3 is 6.71 Å². The maximum absolute atomic E-state index is 9.83. The van der Waals surface area contributed by atoms with Crippen molar-refractivity contribution in [3.8, 4) is 16.8 Å². The van der Waals surface area contributed by atoms with Crippen LogP contribution in [0.25, 0.3) is 38.7 Å². The van der Waals surface area contributed by atoms with Crippen LogP contribution in [0.4, 0.5) is 51.2 Å². The predicted octanol–water partition coefficient (Wildman–Crippen LogP) is 20.1. The minimum Gasteiger partial charge on any atom is -0.468 e. The first-order valence-corrected chi connectivity index (χ1v) is 29.8. The lowest BCUT2D eigenvalue weighted by Gasteiger charge is -2.43. The van der Waals surface area contributed by atoms with E-state index in [9.17, 15) is 5.48 Å². The van der Waals surface area contributed by atoms with Gasteiger partial charge in [-0.1, -0.05) is 213 Å². The van der Waals surface area contributed by atoms with E-state index in [1.54, 1.807) is 0 Å². The minimum absolute atomic E-state index is 0.111. The van der Waals surface area contributed by atoms with Crippen LogP contribution >= 0.6 is 0 Å². The van der Waals surface area contributed by atoms with Crippen LogP contribution in [0.15, 0.2) is 211 Å². The van der Waals surface area contributed by atoms with Gasteiger partial charge in [-0.3, -0.25) is 0 Å². The highest BCUT2D eigenvalue weighted by Gasteiger charge is 2.51. The molecule has 0 unspecified atom stereocenters. The SMILES string of the molecule is [2H]c1c([2H])c([2H])c(-c2cc(C(C)(C)C)ccc2N2c3cc(N(c4ccccc4)c4ccccc4)cc4c3B(c3oc5ccc(C(C)(C)C)cc5c3N4c3ccc(C(C)(C)C)cc3)c3c2c2cc(C(C)(C)C)ccc2n3-c2ccc(C(C)(C)C)cc2)c([2H])c1[2H]. The van der Waals surface area contributed by atoms with Gasteiger partial charge < -0.3 is 23.7 Å². The van der Waals surface area contributed by atoms with Crippen molar-refractivity contribution in [1.82, 2.24) is 4.57 Å². The maximum atomic E-state index is 9.83. The Morgan fingerprint density at radius 2 is 0.893 bits per heavy atom. The van der Waals surface area contributed by atoms with E-state index in [-0.39, 0.29) is 39.3 Å². The summed E-state index contributed by atoms with van der Waals surface area (Å²) < 4.78 is 57.2. The zero-order chi connectivity index (χ0) is 63.3. The Labute approximate surface area is 506 Å². The summed E-state index contributed by atoms with van der Waals surface area (Å²) in [6.07, 6.45) is 0. The van der Waals surface area contributed by atoms with Crippen molar-refractivity contribution in [3.63, 3.8) is 0 Å². The van der Waals surface area contributed by atoms with Crippen LogP contribution < -0.4 is 31.4 Å². The van der Waals surface area contributed by atoms with Gasteiger partial charge in [-0.25, -0.2) is 0 Å². The van der Waals surface area contributed by atoms with Gasteiger partial charge in [0.05, 0.1) is 35.1 Å². The average Bonchev–Trinajstić information content (AvgIpc) is 1.59. The highest BCUT2D eigenvalue weighted by atomic mass is 16.3. The Morgan fingerprint density at radius 3 is 1.44 bits per heavy atom. The van der Waals surface area contributed by atoms with Crippen LogP contribution in [0.2, 0.25) is 0 Å². The number of hydrogen-bond acceptors (Lipinski definition) is 4. The van der Waals surface area contributed by atoms with E-state index in [0.29, 0.717) is 11.3 Å². The average molecular weight is 1100 g/mol. The fourth-order valence-electron chi connectivity index (χ4n) is 12.7. The molecule has 4 heterocycles. The lowest BCUT2D eigenvalue weighted by Crippen LogP contribution is -2.62. The molecule has 0 radical (unpaired) electrons. The van der Waals surface area contributed by atoms with Crippen LogP contribution in [0.5, 0.6) is 0 Å². The standard InChI is InChI=1S/C78H79BN4O/c1-74(2,3)51-31-38-58(39-32-51)81-66-48-60(80(56-27-21-17-22-28-56)57-29-23-18-24-30-57)49-67-69(66)79(73-71(81)63-47-55(78(13,14)15)37-44-68(63)84-73)72-70(83(67)64-42-35-53(76(7,8)9)45-61(64)50-25-19-16-20-26-50)62-46-54(77(10,11)12)36-43-65(62)82(72)59-40-33-52(34-41-59)75(4,5)6/h16-49H,1-15H3/i16D,19D,20D,25D,26D. The van der Waals surface area contributed by atoms with Gasteiger partial charge in [0.1, 0.15) is 11.2 Å². The summed E-state index contributed by atoms with van der Waals surface area (Å²) in [5, 5.41) is 2.00. The summed E-state index contributed by atoms with van der Waals surface area (Å²) >= 11 is 0. The number of nitrogens with zero attached hydrogens (tertiary/aromatic N) is 4. The van der Waals surface area contributed by atoms with Crippen LogP contribution in [0, 0.1) is 0 Å². The molecule has 0 aliphatic carbocycles. The number of aromatic nitrogens is 1. The summed E-state index contributed by atoms with van der Waals surface area (Å²) in [5.74, 6) is 0. The van der Waals surface area contributed by atoms with E-state index in [4.69, 9.17) is 5.79 Å².